The Balaban J connectivity index is 1.55. The van der Waals surface area contributed by atoms with Crippen LogP contribution in [0.3, 0.4) is 0 Å². The molecule has 0 unspecified atom stereocenters. The van der Waals surface area contributed by atoms with E-state index in [0.717, 1.165) is 13.1 Å². The van der Waals surface area contributed by atoms with Crippen LogP contribution in [0, 0.1) is 0 Å². The van der Waals surface area contributed by atoms with E-state index >= 15 is 0 Å². The second-order valence-electron chi connectivity index (χ2n) is 6.32. The van der Waals surface area contributed by atoms with Crippen LogP contribution in [0.15, 0.2) is 72.9 Å². The number of benzene rings is 2. The molecule has 1 saturated heterocycles. The van der Waals surface area contributed by atoms with Gasteiger partial charge in [-0.25, -0.2) is 4.79 Å². The number of carboxylic acid groups (broad SMARTS) is 1. The second-order valence-corrected chi connectivity index (χ2v) is 6.32. The van der Waals surface area contributed by atoms with Crippen LogP contribution in [0.1, 0.15) is 33.7 Å². The van der Waals surface area contributed by atoms with Crippen LogP contribution in [0.25, 0.3) is 0 Å². The maximum absolute atomic E-state index is 11.0. The van der Waals surface area contributed by atoms with E-state index in [1.807, 2.05) is 12.1 Å². The molecule has 1 aliphatic heterocycles. The fourth-order valence-electron chi connectivity index (χ4n) is 3.41. The van der Waals surface area contributed by atoms with Crippen LogP contribution in [-0.2, 0) is 0 Å². The number of rotatable bonds is 5. The normalized spacial score (nSPS) is 15.2. The lowest BCUT2D eigenvalue weighted by atomic mass is 9.93. The van der Waals surface area contributed by atoms with Crippen LogP contribution >= 0.6 is 0 Å². The van der Waals surface area contributed by atoms with Crippen molar-refractivity contribution in [2.75, 3.05) is 13.1 Å². The highest BCUT2D eigenvalue weighted by molar-refractivity contribution is 5.85. The summed E-state index contributed by atoms with van der Waals surface area (Å²) in [6.45, 7) is 1.68. The SMILES string of the molecule is O=C(O)c1ccn(C2CN(C(c3ccccc3)c3ccccc3)C2)n1. The minimum absolute atomic E-state index is 0.0983. The molecule has 0 spiro atoms. The van der Waals surface area contributed by atoms with Crippen molar-refractivity contribution in [3.05, 3.63) is 89.7 Å². The third-order valence-corrected chi connectivity index (χ3v) is 4.69. The first-order valence-corrected chi connectivity index (χ1v) is 8.35. The number of nitrogens with zero attached hydrogens (tertiary/aromatic N) is 3. The van der Waals surface area contributed by atoms with Crippen LogP contribution in [0.5, 0.6) is 0 Å². The Hall–Kier alpha value is -2.92. The summed E-state index contributed by atoms with van der Waals surface area (Å²) in [5.74, 6) is -0.985. The van der Waals surface area contributed by atoms with E-state index in [9.17, 15) is 4.79 Å². The van der Waals surface area contributed by atoms with Crippen molar-refractivity contribution in [1.29, 1.82) is 0 Å². The minimum Gasteiger partial charge on any atom is -0.476 e. The Bertz CT molecular complexity index is 815. The third-order valence-electron chi connectivity index (χ3n) is 4.69. The number of aromatic carboxylic acids is 1. The zero-order valence-electron chi connectivity index (χ0n) is 13.7. The van der Waals surface area contributed by atoms with Crippen LogP contribution in [0.2, 0.25) is 0 Å². The summed E-state index contributed by atoms with van der Waals surface area (Å²) in [5.41, 5.74) is 2.62. The van der Waals surface area contributed by atoms with Gasteiger partial charge < -0.3 is 5.11 Å². The van der Waals surface area contributed by atoms with Crippen molar-refractivity contribution in [2.24, 2.45) is 0 Å². The first kappa shape index (κ1) is 15.6. The molecular formula is C20H19N3O2. The fraction of sp³-hybridized carbons (Fsp3) is 0.200. The maximum Gasteiger partial charge on any atom is 0.356 e. The summed E-state index contributed by atoms with van der Waals surface area (Å²) in [6, 6.07) is 22.9. The molecule has 0 atom stereocenters. The molecule has 1 N–H and O–H groups in total. The molecule has 25 heavy (non-hydrogen) atoms. The minimum atomic E-state index is -0.985. The van der Waals surface area contributed by atoms with E-state index < -0.39 is 5.97 Å². The molecule has 0 bridgehead atoms. The zero-order chi connectivity index (χ0) is 17.2. The molecule has 1 fully saturated rings. The molecule has 126 valence electrons. The third kappa shape index (κ3) is 3.06. The number of likely N-dealkylation sites (tertiary alicyclic amines) is 1. The molecule has 3 aromatic rings. The van der Waals surface area contributed by atoms with Gasteiger partial charge in [-0.1, -0.05) is 60.7 Å². The monoisotopic (exact) mass is 333 g/mol. The maximum atomic E-state index is 11.0. The van der Waals surface area contributed by atoms with Gasteiger partial charge in [0.25, 0.3) is 0 Å². The Labute approximate surface area is 146 Å². The van der Waals surface area contributed by atoms with Crippen LogP contribution in [-0.4, -0.2) is 38.8 Å². The fourth-order valence-corrected chi connectivity index (χ4v) is 3.41. The van der Waals surface area contributed by atoms with E-state index in [0.29, 0.717) is 0 Å². The van der Waals surface area contributed by atoms with Gasteiger partial charge in [-0.2, -0.15) is 5.10 Å². The van der Waals surface area contributed by atoms with Crippen molar-refractivity contribution in [1.82, 2.24) is 14.7 Å². The van der Waals surface area contributed by atoms with Gasteiger partial charge in [-0.05, 0) is 17.2 Å². The number of hydrogen-bond acceptors (Lipinski definition) is 3. The Kier molecular flexibility index (Phi) is 4.07. The predicted molar refractivity (Wildman–Crippen MR) is 94.5 cm³/mol. The zero-order valence-corrected chi connectivity index (χ0v) is 13.7. The molecule has 2 aromatic carbocycles. The van der Waals surface area contributed by atoms with E-state index in [4.69, 9.17) is 5.11 Å². The van der Waals surface area contributed by atoms with Gasteiger partial charge in [0.1, 0.15) is 0 Å². The number of hydrogen-bond donors (Lipinski definition) is 1. The molecule has 0 amide bonds. The number of carbonyl (C=O) groups is 1. The topological polar surface area (TPSA) is 58.4 Å². The molecule has 1 aliphatic rings. The summed E-state index contributed by atoms with van der Waals surface area (Å²) in [7, 11) is 0. The van der Waals surface area contributed by atoms with Crippen molar-refractivity contribution in [2.45, 2.75) is 12.1 Å². The lowest BCUT2D eigenvalue weighted by Crippen LogP contribution is -2.49. The average Bonchev–Trinajstić information content (AvgIpc) is 3.09. The van der Waals surface area contributed by atoms with Gasteiger partial charge in [0.2, 0.25) is 0 Å². The van der Waals surface area contributed by atoms with Gasteiger partial charge in [-0.3, -0.25) is 9.58 Å². The lowest BCUT2D eigenvalue weighted by Gasteiger charge is -2.44. The van der Waals surface area contributed by atoms with E-state index in [1.165, 1.54) is 11.1 Å². The van der Waals surface area contributed by atoms with Crippen molar-refractivity contribution < 1.29 is 9.90 Å². The van der Waals surface area contributed by atoms with E-state index in [1.54, 1.807) is 16.9 Å². The Morgan fingerprint density at radius 3 is 2.00 bits per heavy atom. The van der Waals surface area contributed by atoms with Crippen LogP contribution < -0.4 is 0 Å². The predicted octanol–water partition coefficient (Wildman–Crippen LogP) is 3.23. The lowest BCUT2D eigenvalue weighted by molar-refractivity contribution is 0.0642. The largest absolute Gasteiger partial charge is 0.476 e. The number of aromatic nitrogens is 2. The van der Waals surface area contributed by atoms with Gasteiger partial charge in [0.15, 0.2) is 5.69 Å². The molecular weight excluding hydrogens is 314 g/mol. The van der Waals surface area contributed by atoms with Crippen molar-refractivity contribution in [3.8, 4) is 0 Å². The average molecular weight is 333 g/mol. The highest BCUT2D eigenvalue weighted by atomic mass is 16.4. The molecule has 4 rings (SSSR count). The molecule has 2 heterocycles. The smallest absolute Gasteiger partial charge is 0.356 e. The molecule has 5 nitrogen and oxygen atoms in total. The van der Waals surface area contributed by atoms with Crippen molar-refractivity contribution in [3.63, 3.8) is 0 Å². The standard InChI is InChI=1S/C20H19N3O2/c24-20(25)18-11-12-23(21-18)17-13-22(14-17)19(15-7-3-1-4-8-15)16-9-5-2-6-10-16/h1-12,17,19H,13-14H2,(H,24,25). The Morgan fingerprint density at radius 1 is 0.960 bits per heavy atom. The summed E-state index contributed by atoms with van der Waals surface area (Å²) in [6.07, 6.45) is 1.76. The first-order valence-electron chi connectivity index (χ1n) is 8.35. The molecule has 0 aliphatic carbocycles. The van der Waals surface area contributed by atoms with Gasteiger partial charge in [0.05, 0.1) is 12.1 Å². The summed E-state index contributed by atoms with van der Waals surface area (Å²) < 4.78 is 1.77. The molecule has 5 heteroatoms. The van der Waals surface area contributed by atoms with Crippen LogP contribution in [0.4, 0.5) is 0 Å². The van der Waals surface area contributed by atoms with Gasteiger partial charge in [-0.15, -0.1) is 0 Å². The summed E-state index contributed by atoms with van der Waals surface area (Å²) in [4.78, 5) is 13.4. The molecule has 0 radical (unpaired) electrons. The van der Waals surface area contributed by atoms with Crippen molar-refractivity contribution >= 4 is 5.97 Å². The Morgan fingerprint density at radius 2 is 1.52 bits per heavy atom. The summed E-state index contributed by atoms with van der Waals surface area (Å²) in [5, 5.41) is 13.2. The quantitative estimate of drug-likeness (QED) is 0.779. The first-order chi connectivity index (χ1) is 12.2. The highest BCUT2D eigenvalue weighted by Crippen LogP contribution is 2.35. The van der Waals surface area contributed by atoms with Gasteiger partial charge in [0, 0.05) is 19.3 Å². The number of carboxylic acids is 1. The molecule has 1 aromatic heterocycles. The van der Waals surface area contributed by atoms with E-state index in [-0.39, 0.29) is 17.8 Å². The second kappa shape index (κ2) is 6.53. The highest BCUT2D eigenvalue weighted by Gasteiger charge is 2.35. The van der Waals surface area contributed by atoms with E-state index in [2.05, 4.69) is 58.5 Å². The van der Waals surface area contributed by atoms with Gasteiger partial charge >= 0.3 is 5.97 Å². The molecule has 0 saturated carbocycles. The summed E-state index contributed by atoms with van der Waals surface area (Å²) >= 11 is 0.